The Bertz CT molecular complexity index is 865. The van der Waals surface area contributed by atoms with Crippen molar-refractivity contribution >= 4 is 11.8 Å². The van der Waals surface area contributed by atoms with Crippen molar-refractivity contribution < 1.29 is 14.3 Å². The first kappa shape index (κ1) is 22.8. The highest BCUT2D eigenvalue weighted by atomic mass is 16.5. The number of carbonyl (C=O) groups excluding carboxylic acids is 2. The Hall–Kier alpha value is -2.42. The van der Waals surface area contributed by atoms with Gasteiger partial charge in [0.1, 0.15) is 11.9 Å². The minimum Gasteiger partial charge on any atom is -0.462 e. The summed E-state index contributed by atoms with van der Waals surface area (Å²) in [5.74, 6) is 1.16. The number of ether oxygens (including phenoxy) is 1. The number of hydrogen-bond acceptors (Lipinski definition) is 3. The van der Waals surface area contributed by atoms with Gasteiger partial charge in [0.15, 0.2) is 0 Å². The lowest BCUT2D eigenvalue weighted by molar-refractivity contribution is -0.158. The predicted molar refractivity (Wildman–Crippen MR) is 127 cm³/mol. The Kier molecular flexibility index (Phi) is 7.13. The molecule has 4 rings (SSSR count). The van der Waals surface area contributed by atoms with E-state index >= 15 is 0 Å². The average molecular weight is 433 g/mol. The van der Waals surface area contributed by atoms with E-state index in [1.165, 1.54) is 6.42 Å². The van der Waals surface area contributed by atoms with Crippen LogP contribution in [-0.2, 0) is 14.3 Å². The summed E-state index contributed by atoms with van der Waals surface area (Å²) >= 11 is 0. The minimum absolute atomic E-state index is 0.00369. The Labute approximate surface area is 192 Å². The molecular formula is C29H36O3. The van der Waals surface area contributed by atoms with Gasteiger partial charge in [-0.05, 0) is 48.1 Å². The maximum atomic E-state index is 13.2. The topological polar surface area (TPSA) is 43.4 Å². The molecule has 0 radical (unpaired) electrons. The fraction of sp³-hybridized carbons (Fsp3) is 0.517. The molecule has 0 unspecified atom stereocenters. The average Bonchev–Trinajstić information content (AvgIpc) is 3.60. The van der Waals surface area contributed by atoms with Gasteiger partial charge in [0.2, 0.25) is 0 Å². The van der Waals surface area contributed by atoms with E-state index < -0.39 is 0 Å². The first-order valence-electron chi connectivity index (χ1n) is 12.3. The number of esters is 1. The summed E-state index contributed by atoms with van der Waals surface area (Å²) in [6, 6.07) is 20.4. The molecule has 0 saturated heterocycles. The number of ketones is 1. The Morgan fingerprint density at radius 3 is 2.03 bits per heavy atom. The second kappa shape index (κ2) is 10.0. The van der Waals surface area contributed by atoms with E-state index in [2.05, 4.69) is 45.0 Å². The molecule has 2 aliphatic rings. The Morgan fingerprint density at radius 1 is 0.875 bits per heavy atom. The molecule has 0 spiro atoms. The quantitative estimate of drug-likeness (QED) is 0.452. The summed E-state index contributed by atoms with van der Waals surface area (Å²) < 4.78 is 6.02. The smallest absolute Gasteiger partial charge is 0.309 e. The van der Waals surface area contributed by atoms with Crippen LogP contribution < -0.4 is 0 Å². The van der Waals surface area contributed by atoms with Crippen LogP contribution in [0, 0.1) is 29.6 Å². The minimum atomic E-state index is -0.250. The summed E-state index contributed by atoms with van der Waals surface area (Å²) in [5.41, 5.74) is 2.28. The molecule has 170 valence electrons. The van der Waals surface area contributed by atoms with E-state index in [9.17, 15) is 9.59 Å². The fourth-order valence-corrected chi connectivity index (χ4v) is 5.45. The van der Waals surface area contributed by atoms with Crippen LogP contribution in [0.1, 0.15) is 69.9 Å². The zero-order chi connectivity index (χ0) is 22.7. The third kappa shape index (κ3) is 5.31. The van der Waals surface area contributed by atoms with Crippen molar-refractivity contribution in [3.63, 3.8) is 0 Å². The van der Waals surface area contributed by atoms with Crippen molar-refractivity contribution in [2.75, 3.05) is 0 Å². The second-order valence-corrected chi connectivity index (χ2v) is 10.3. The molecule has 0 N–H and O–H groups in total. The largest absolute Gasteiger partial charge is 0.462 e. The zero-order valence-corrected chi connectivity index (χ0v) is 19.6. The van der Waals surface area contributed by atoms with E-state index in [4.69, 9.17) is 4.74 Å². The highest BCUT2D eigenvalue weighted by Gasteiger charge is 2.50. The van der Waals surface area contributed by atoms with Gasteiger partial charge in [0, 0.05) is 18.3 Å². The first-order valence-corrected chi connectivity index (χ1v) is 12.3. The van der Waals surface area contributed by atoms with Gasteiger partial charge in [0.25, 0.3) is 0 Å². The number of carbonyl (C=O) groups is 2. The Balaban J connectivity index is 1.39. The lowest BCUT2D eigenvalue weighted by Gasteiger charge is -2.36. The summed E-state index contributed by atoms with van der Waals surface area (Å²) in [7, 11) is 0. The number of benzene rings is 2. The molecular weight excluding hydrogens is 396 g/mol. The molecule has 3 heteroatoms. The molecule has 5 atom stereocenters. The van der Waals surface area contributed by atoms with Gasteiger partial charge in [-0.25, -0.2) is 0 Å². The number of Topliss-reactive ketones (excluding diaryl/α,β-unsaturated/α-hetero) is 1. The van der Waals surface area contributed by atoms with Crippen LogP contribution >= 0.6 is 0 Å². The molecule has 0 heterocycles. The first-order chi connectivity index (χ1) is 15.4. The van der Waals surface area contributed by atoms with Crippen LogP contribution in [0.2, 0.25) is 0 Å². The van der Waals surface area contributed by atoms with Crippen molar-refractivity contribution in [2.45, 2.75) is 64.9 Å². The fourth-order valence-electron chi connectivity index (χ4n) is 5.45. The lowest BCUT2D eigenvalue weighted by Crippen LogP contribution is -2.36. The van der Waals surface area contributed by atoms with Crippen LogP contribution in [0.15, 0.2) is 60.7 Å². The van der Waals surface area contributed by atoms with Crippen molar-refractivity contribution in [2.24, 2.45) is 29.6 Å². The molecule has 3 nitrogen and oxygen atoms in total. The van der Waals surface area contributed by atoms with E-state index in [1.807, 2.05) is 36.4 Å². The number of rotatable bonds is 8. The standard InChI is InChI=1S/C29H36O3/c1-19(2)23-15-14-20(3)16-28(23)32-29(31)26-17-25(26)27(30)18-24(21-10-6-4-7-11-21)22-12-8-5-9-13-22/h4-13,19-20,23-26,28H,14-18H2,1-3H3/t20-,23+,25+,26+,28-/m0/s1. The molecule has 0 aliphatic heterocycles. The predicted octanol–water partition coefficient (Wildman–Crippen LogP) is 6.42. The SMILES string of the molecule is CC(C)[C@H]1CC[C@H](C)C[C@@H]1OC(=O)[C@@H]1C[C@H]1C(=O)CC(c1ccccc1)c1ccccc1. The third-order valence-corrected chi connectivity index (χ3v) is 7.54. The summed E-state index contributed by atoms with van der Waals surface area (Å²) in [6.07, 6.45) is 4.36. The molecule has 2 aromatic rings. The van der Waals surface area contributed by atoms with Crippen LogP contribution in [-0.4, -0.2) is 17.9 Å². The van der Waals surface area contributed by atoms with Gasteiger partial charge in [-0.15, -0.1) is 0 Å². The van der Waals surface area contributed by atoms with Gasteiger partial charge in [-0.2, -0.15) is 0 Å². The van der Waals surface area contributed by atoms with E-state index in [-0.39, 0.29) is 35.6 Å². The molecule has 0 bridgehead atoms. The van der Waals surface area contributed by atoms with E-state index in [0.29, 0.717) is 30.6 Å². The van der Waals surface area contributed by atoms with Crippen LogP contribution in [0.25, 0.3) is 0 Å². The maximum absolute atomic E-state index is 13.2. The lowest BCUT2D eigenvalue weighted by atomic mass is 9.75. The van der Waals surface area contributed by atoms with Gasteiger partial charge >= 0.3 is 5.97 Å². The summed E-state index contributed by atoms with van der Waals surface area (Å²) in [6.45, 7) is 6.69. The van der Waals surface area contributed by atoms with E-state index in [0.717, 1.165) is 24.0 Å². The summed E-state index contributed by atoms with van der Waals surface area (Å²) in [5, 5.41) is 0. The molecule has 0 aromatic heterocycles. The van der Waals surface area contributed by atoms with Crippen molar-refractivity contribution in [3.8, 4) is 0 Å². The van der Waals surface area contributed by atoms with Gasteiger partial charge in [-0.1, -0.05) is 87.9 Å². The molecule has 2 fully saturated rings. The molecule has 32 heavy (non-hydrogen) atoms. The highest BCUT2D eigenvalue weighted by Crippen LogP contribution is 2.44. The molecule has 2 aromatic carbocycles. The maximum Gasteiger partial charge on any atom is 0.309 e. The number of hydrogen-bond donors (Lipinski definition) is 0. The van der Waals surface area contributed by atoms with Crippen molar-refractivity contribution in [1.82, 2.24) is 0 Å². The van der Waals surface area contributed by atoms with Crippen molar-refractivity contribution in [1.29, 1.82) is 0 Å². The van der Waals surface area contributed by atoms with Crippen LogP contribution in [0.5, 0.6) is 0 Å². The zero-order valence-electron chi connectivity index (χ0n) is 19.6. The van der Waals surface area contributed by atoms with Gasteiger partial charge in [0.05, 0.1) is 5.92 Å². The highest BCUT2D eigenvalue weighted by molar-refractivity contribution is 5.92. The van der Waals surface area contributed by atoms with Gasteiger partial charge in [-0.3, -0.25) is 9.59 Å². The summed E-state index contributed by atoms with van der Waals surface area (Å²) in [4.78, 5) is 26.1. The van der Waals surface area contributed by atoms with Crippen molar-refractivity contribution in [3.05, 3.63) is 71.8 Å². The normalized spacial score (nSPS) is 27.3. The van der Waals surface area contributed by atoms with E-state index in [1.54, 1.807) is 0 Å². The van der Waals surface area contributed by atoms with Gasteiger partial charge < -0.3 is 4.74 Å². The third-order valence-electron chi connectivity index (χ3n) is 7.54. The monoisotopic (exact) mass is 432 g/mol. The van der Waals surface area contributed by atoms with Crippen LogP contribution in [0.4, 0.5) is 0 Å². The Morgan fingerprint density at radius 2 is 1.47 bits per heavy atom. The molecule has 0 amide bonds. The molecule has 2 aliphatic carbocycles. The molecule has 2 saturated carbocycles. The van der Waals surface area contributed by atoms with Crippen LogP contribution in [0.3, 0.4) is 0 Å². The second-order valence-electron chi connectivity index (χ2n) is 10.3.